The molecule has 0 aliphatic carbocycles. The van der Waals surface area contributed by atoms with Crippen LogP contribution >= 0.6 is 25.2 Å². The van der Waals surface area contributed by atoms with Crippen molar-refractivity contribution in [1.29, 1.82) is 0 Å². The van der Waals surface area contributed by atoms with Crippen LogP contribution in [-0.4, -0.2) is 7.11 Å². The van der Waals surface area contributed by atoms with Crippen molar-refractivity contribution in [1.82, 2.24) is 0 Å². The summed E-state index contributed by atoms with van der Waals surface area (Å²) in [7, 11) is 1.58. The van der Waals surface area contributed by atoms with Crippen molar-refractivity contribution in [2.24, 2.45) is 0 Å². The van der Waals surface area contributed by atoms with E-state index in [0.717, 1.165) is 0 Å². The van der Waals surface area contributed by atoms with Crippen LogP contribution in [0.4, 0.5) is 0 Å². The molecular weight excluding hydrogens is 281 g/mol. The first-order valence-corrected chi connectivity index (χ1v) is 10.1. The molecule has 0 radical (unpaired) electrons. The summed E-state index contributed by atoms with van der Waals surface area (Å²) in [6, 6.07) is 8.01. The average molecular weight is 287 g/mol. The molecular formula is C7H6BrClOZn. The number of hydrogen-bond donors (Lipinski definition) is 0. The van der Waals surface area contributed by atoms with Crippen LogP contribution in [0.5, 0.6) is 5.75 Å². The van der Waals surface area contributed by atoms with E-state index >= 15 is 0 Å². The summed E-state index contributed by atoms with van der Waals surface area (Å²) in [6.45, 7) is 0. The van der Waals surface area contributed by atoms with Gasteiger partial charge in [0.1, 0.15) is 0 Å². The summed E-state index contributed by atoms with van der Waals surface area (Å²) in [6.07, 6.45) is 0. The van der Waals surface area contributed by atoms with E-state index in [4.69, 9.17) is 16.3 Å². The van der Waals surface area contributed by atoms with Crippen LogP contribution in [0.25, 0.3) is 0 Å². The number of methoxy groups -OCH3 is 1. The normalized spacial score (nSPS) is 8.09. The second-order valence-electron chi connectivity index (χ2n) is 1.56. The summed E-state index contributed by atoms with van der Waals surface area (Å²) < 4.78 is 4.89. The molecule has 0 bridgehead atoms. The van der Waals surface area contributed by atoms with Crippen LogP contribution in [0, 0.1) is 6.07 Å². The zero-order chi connectivity index (χ0) is 8.69. The van der Waals surface area contributed by atoms with Crippen molar-refractivity contribution in [3.05, 3.63) is 29.3 Å². The predicted octanol–water partition coefficient (Wildman–Crippen LogP) is 2.99. The van der Waals surface area contributed by atoms with Gasteiger partial charge in [0.25, 0.3) is 0 Å². The fourth-order valence-corrected chi connectivity index (χ4v) is 0.764. The van der Waals surface area contributed by atoms with Crippen molar-refractivity contribution in [3.8, 4) is 5.75 Å². The van der Waals surface area contributed by atoms with Crippen molar-refractivity contribution in [3.63, 3.8) is 0 Å². The molecule has 56 valence electrons. The van der Waals surface area contributed by atoms with Gasteiger partial charge in [-0.2, -0.15) is 29.8 Å². The van der Waals surface area contributed by atoms with Crippen LogP contribution in [0.2, 0.25) is 5.02 Å². The molecule has 1 nitrogen and oxygen atoms in total. The van der Waals surface area contributed by atoms with E-state index in [0.29, 0.717) is 10.8 Å². The van der Waals surface area contributed by atoms with Gasteiger partial charge in [-0.15, -0.1) is 6.07 Å². The molecule has 0 saturated carbocycles. The standard InChI is InChI=1S/C7H6ClO.BrH.Zn/c1-9-7-5-3-2-4-6(7)8;;/h3-5H,1H3;1H;/q-1;;+2/p-1. The molecule has 1 aromatic carbocycles. The molecule has 0 atom stereocenters. The minimum atomic E-state index is 0.597. The van der Waals surface area contributed by atoms with Crippen LogP contribution < -0.4 is 4.74 Å². The van der Waals surface area contributed by atoms with Gasteiger partial charge in [-0.25, -0.2) is 0 Å². The van der Waals surface area contributed by atoms with Crippen LogP contribution in [0.15, 0.2) is 18.2 Å². The van der Waals surface area contributed by atoms with E-state index in [1.54, 1.807) is 25.3 Å². The first-order valence-electron chi connectivity index (χ1n) is 2.81. The molecule has 0 spiro atoms. The number of rotatable bonds is 1. The molecule has 11 heavy (non-hydrogen) atoms. The summed E-state index contributed by atoms with van der Waals surface area (Å²) in [5.74, 6) is 0.690. The third-order valence-corrected chi connectivity index (χ3v) is 1.29. The summed E-state index contributed by atoms with van der Waals surface area (Å²) in [5, 5.41) is 0.597. The SMILES string of the molecule is COc1cc[c-]cc1Cl.[Zn+][Br]. The van der Waals surface area contributed by atoms with E-state index < -0.39 is 0 Å². The second-order valence-corrected chi connectivity index (χ2v) is 1.97. The Labute approximate surface area is 88.1 Å². The van der Waals surface area contributed by atoms with Gasteiger partial charge in [0.05, 0.1) is 7.11 Å². The molecule has 0 aliphatic rings. The monoisotopic (exact) mass is 284 g/mol. The van der Waals surface area contributed by atoms with Crippen molar-refractivity contribution in [2.75, 3.05) is 7.11 Å². The van der Waals surface area contributed by atoms with E-state index in [9.17, 15) is 0 Å². The van der Waals surface area contributed by atoms with Crippen molar-refractivity contribution in [2.45, 2.75) is 0 Å². The zero-order valence-corrected chi connectivity index (χ0v) is 11.4. The fourth-order valence-electron chi connectivity index (χ4n) is 0.561. The first kappa shape index (κ1) is 11.4. The molecule has 0 unspecified atom stereocenters. The Morgan fingerprint density at radius 3 is 2.64 bits per heavy atom. The molecule has 0 fully saturated rings. The third-order valence-electron chi connectivity index (χ3n) is 0.996. The molecule has 0 saturated heterocycles. The van der Waals surface area contributed by atoms with Crippen LogP contribution in [-0.2, 0) is 16.3 Å². The van der Waals surface area contributed by atoms with Gasteiger partial charge in [0, 0.05) is 5.75 Å². The number of hydrogen-bond acceptors (Lipinski definition) is 1. The quantitative estimate of drug-likeness (QED) is 0.570. The molecule has 1 aromatic rings. The Hall–Kier alpha value is 0.413. The van der Waals surface area contributed by atoms with E-state index in [2.05, 4.69) is 19.7 Å². The van der Waals surface area contributed by atoms with E-state index in [-0.39, 0.29) is 0 Å². The van der Waals surface area contributed by atoms with Gasteiger partial charge < -0.3 is 4.74 Å². The van der Waals surface area contributed by atoms with Crippen LogP contribution in [0.1, 0.15) is 0 Å². The fraction of sp³-hybridized carbons (Fsp3) is 0.143. The van der Waals surface area contributed by atoms with Gasteiger partial charge in [-0.3, -0.25) is 0 Å². The predicted molar refractivity (Wildman–Crippen MR) is 45.8 cm³/mol. The van der Waals surface area contributed by atoms with Crippen molar-refractivity contribution >= 4 is 25.2 Å². The minimum absolute atomic E-state index is 0.597. The first-order chi connectivity index (χ1) is 5.34. The summed E-state index contributed by atoms with van der Waals surface area (Å²) >= 11 is 9.92. The van der Waals surface area contributed by atoms with Gasteiger partial charge >= 0.3 is 30.0 Å². The molecule has 0 amide bonds. The Balaban J connectivity index is 0.000000461. The second kappa shape index (κ2) is 7.08. The zero-order valence-electron chi connectivity index (χ0n) is 6.10. The maximum absolute atomic E-state index is 5.67. The van der Waals surface area contributed by atoms with Crippen LogP contribution in [0.3, 0.4) is 0 Å². The van der Waals surface area contributed by atoms with Gasteiger partial charge in [-0.1, -0.05) is 0 Å². The number of benzene rings is 1. The average Bonchev–Trinajstić information content (AvgIpc) is 2.09. The number of ether oxygens (including phenoxy) is 1. The topological polar surface area (TPSA) is 9.23 Å². The maximum atomic E-state index is 5.67. The molecule has 0 aliphatic heterocycles. The van der Waals surface area contributed by atoms with Gasteiger partial charge in [-0.05, 0) is 5.02 Å². The third kappa shape index (κ3) is 4.10. The van der Waals surface area contributed by atoms with Gasteiger partial charge in [0.15, 0.2) is 0 Å². The molecule has 1 rings (SSSR count). The molecule has 0 aromatic heterocycles. The summed E-state index contributed by atoms with van der Waals surface area (Å²) in [5.41, 5.74) is 0. The Morgan fingerprint density at radius 1 is 1.64 bits per heavy atom. The van der Waals surface area contributed by atoms with E-state index in [1.165, 1.54) is 16.3 Å². The Kier molecular flexibility index (Phi) is 7.35. The molecule has 0 heterocycles. The van der Waals surface area contributed by atoms with Crippen molar-refractivity contribution < 1.29 is 21.1 Å². The molecule has 0 N–H and O–H groups in total. The Bertz CT molecular complexity index is 207. The molecule has 4 heteroatoms. The van der Waals surface area contributed by atoms with Gasteiger partial charge in [0.2, 0.25) is 0 Å². The Morgan fingerprint density at radius 2 is 2.27 bits per heavy atom. The summed E-state index contributed by atoms with van der Waals surface area (Å²) in [4.78, 5) is 0. The van der Waals surface area contributed by atoms with E-state index in [1.807, 2.05) is 0 Å². The number of halogens is 2.